The SMILES string of the molecule is CNC(Cc1sccc1Br)c1cc(F)cc(F)c1. The summed E-state index contributed by atoms with van der Waals surface area (Å²) in [6, 6.07) is 5.48. The van der Waals surface area contributed by atoms with Crippen LogP contribution in [-0.4, -0.2) is 7.05 Å². The minimum absolute atomic E-state index is 0.106. The summed E-state index contributed by atoms with van der Waals surface area (Å²) in [4.78, 5) is 1.15. The van der Waals surface area contributed by atoms with Gasteiger partial charge in [0, 0.05) is 27.9 Å². The van der Waals surface area contributed by atoms with E-state index in [0.29, 0.717) is 12.0 Å². The lowest BCUT2D eigenvalue weighted by molar-refractivity contribution is 0.552. The molecule has 0 saturated heterocycles. The topological polar surface area (TPSA) is 12.0 Å². The Morgan fingerprint density at radius 1 is 1.28 bits per heavy atom. The highest BCUT2D eigenvalue weighted by molar-refractivity contribution is 9.10. The summed E-state index contributed by atoms with van der Waals surface area (Å²) in [6.07, 6.45) is 0.692. The summed E-state index contributed by atoms with van der Waals surface area (Å²) in [6.45, 7) is 0. The highest BCUT2D eigenvalue weighted by Crippen LogP contribution is 2.28. The molecule has 1 aromatic carbocycles. The molecular weight excluding hydrogens is 320 g/mol. The molecule has 0 aliphatic heterocycles. The molecule has 1 unspecified atom stereocenters. The minimum atomic E-state index is -0.546. The molecule has 5 heteroatoms. The van der Waals surface area contributed by atoms with Crippen LogP contribution in [0.4, 0.5) is 8.78 Å². The van der Waals surface area contributed by atoms with Crippen molar-refractivity contribution in [2.75, 3.05) is 7.05 Å². The lowest BCUT2D eigenvalue weighted by Crippen LogP contribution is -2.19. The van der Waals surface area contributed by atoms with Crippen LogP contribution in [0.2, 0.25) is 0 Å². The van der Waals surface area contributed by atoms with E-state index in [0.717, 1.165) is 15.4 Å². The maximum atomic E-state index is 13.2. The second-order valence-electron chi connectivity index (χ2n) is 3.94. The highest BCUT2D eigenvalue weighted by Gasteiger charge is 2.14. The van der Waals surface area contributed by atoms with Crippen LogP contribution in [0.25, 0.3) is 0 Å². The Morgan fingerprint density at radius 3 is 2.44 bits per heavy atom. The Bertz CT molecular complexity index is 521. The molecule has 1 heterocycles. The van der Waals surface area contributed by atoms with Gasteiger partial charge in [-0.05, 0) is 52.1 Å². The summed E-state index contributed by atoms with van der Waals surface area (Å²) in [5.41, 5.74) is 0.621. The van der Waals surface area contributed by atoms with Crippen molar-refractivity contribution in [3.05, 3.63) is 56.2 Å². The number of benzene rings is 1. The van der Waals surface area contributed by atoms with Crippen molar-refractivity contribution in [3.8, 4) is 0 Å². The molecule has 0 saturated carbocycles. The number of rotatable bonds is 4. The van der Waals surface area contributed by atoms with Crippen molar-refractivity contribution in [1.82, 2.24) is 5.32 Å². The van der Waals surface area contributed by atoms with Crippen molar-refractivity contribution in [2.24, 2.45) is 0 Å². The number of halogens is 3. The summed E-state index contributed by atoms with van der Waals surface area (Å²) < 4.78 is 27.4. The Balaban J connectivity index is 2.25. The van der Waals surface area contributed by atoms with Crippen LogP contribution in [0.3, 0.4) is 0 Å². The molecule has 0 amide bonds. The first-order valence-corrected chi connectivity index (χ1v) is 7.12. The molecular formula is C13H12BrF2NS. The number of nitrogens with one attached hydrogen (secondary N) is 1. The standard InChI is InChI=1S/C13H12BrF2NS/c1-17-12(7-13-11(14)2-3-18-13)8-4-9(15)6-10(16)5-8/h2-6,12,17H,7H2,1H3. The fourth-order valence-electron chi connectivity index (χ4n) is 1.82. The number of hydrogen-bond acceptors (Lipinski definition) is 2. The van der Waals surface area contributed by atoms with Crippen LogP contribution in [0.1, 0.15) is 16.5 Å². The first-order chi connectivity index (χ1) is 8.60. The number of likely N-dealkylation sites (N-methyl/N-ethyl adjacent to an activating group) is 1. The molecule has 1 N–H and O–H groups in total. The second-order valence-corrected chi connectivity index (χ2v) is 5.79. The van der Waals surface area contributed by atoms with Crippen LogP contribution >= 0.6 is 27.3 Å². The van der Waals surface area contributed by atoms with Crippen molar-refractivity contribution >= 4 is 27.3 Å². The normalized spacial score (nSPS) is 12.7. The number of thiophene rings is 1. The maximum Gasteiger partial charge on any atom is 0.126 e. The zero-order valence-electron chi connectivity index (χ0n) is 9.71. The molecule has 0 fully saturated rings. The quantitative estimate of drug-likeness (QED) is 0.881. The minimum Gasteiger partial charge on any atom is -0.313 e. The van der Waals surface area contributed by atoms with Crippen molar-refractivity contribution in [2.45, 2.75) is 12.5 Å². The Morgan fingerprint density at radius 2 is 1.94 bits per heavy atom. The number of hydrogen-bond donors (Lipinski definition) is 1. The van der Waals surface area contributed by atoms with Crippen molar-refractivity contribution in [1.29, 1.82) is 0 Å². The molecule has 96 valence electrons. The van der Waals surface area contributed by atoms with Crippen LogP contribution in [0, 0.1) is 11.6 Å². The Hall–Kier alpha value is -0.780. The van der Waals surface area contributed by atoms with E-state index in [1.165, 1.54) is 12.1 Å². The van der Waals surface area contributed by atoms with E-state index in [4.69, 9.17) is 0 Å². The summed E-state index contributed by atoms with van der Waals surface area (Å²) in [7, 11) is 1.79. The van der Waals surface area contributed by atoms with Crippen LogP contribution in [0.15, 0.2) is 34.1 Å². The van der Waals surface area contributed by atoms with Gasteiger partial charge in [0.2, 0.25) is 0 Å². The van der Waals surface area contributed by atoms with E-state index in [-0.39, 0.29) is 6.04 Å². The molecule has 0 spiro atoms. The van der Waals surface area contributed by atoms with Gasteiger partial charge in [-0.3, -0.25) is 0 Å². The third-order valence-corrected chi connectivity index (χ3v) is 4.66. The van der Waals surface area contributed by atoms with E-state index < -0.39 is 11.6 Å². The summed E-state index contributed by atoms with van der Waals surface area (Å²) in [5, 5.41) is 5.08. The van der Waals surface area contributed by atoms with Crippen LogP contribution in [0.5, 0.6) is 0 Å². The van der Waals surface area contributed by atoms with E-state index in [1.807, 2.05) is 11.4 Å². The summed E-state index contributed by atoms with van der Waals surface area (Å²) in [5.74, 6) is -1.09. The third kappa shape index (κ3) is 3.16. The van der Waals surface area contributed by atoms with Crippen molar-refractivity contribution < 1.29 is 8.78 Å². The largest absolute Gasteiger partial charge is 0.313 e. The van der Waals surface area contributed by atoms with Crippen molar-refractivity contribution in [3.63, 3.8) is 0 Å². The van der Waals surface area contributed by atoms with Gasteiger partial charge in [-0.1, -0.05) is 0 Å². The predicted molar refractivity (Wildman–Crippen MR) is 73.9 cm³/mol. The van der Waals surface area contributed by atoms with Gasteiger partial charge in [0.05, 0.1) is 0 Å². The average Bonchev–Trinajstić information content (AvgIpc) is 2.70. The Labute approximate surface area is 117 Å². The van der Waals surface area contributed by atoms with E-state index >= 15 is 0 Å². The first-order valence-electron chi connectivity index (χ1n) is 5.45. The fourth-order valence-corrected chi connectivity index (χ4v) is 3.38. The lowest BCUT2D eigenvalue weighted by Gasteiger charge is -2.16. The van der Waals surface area contributed by atoms with E-state index in [2.05, 4.69) is 21.2 Å². The van der Waals surface area contributed by atoms with Gasteiger partial charge in [-0.25, -0.2) is 8.78 Å². The van der Waals surface area contributed by atoms with Gasteiger partial charge in [-0.2, -0.15) is 0 Å². The second kappa shape index (κ2) is 5.91. The molecule has 1 nitrogen and oxygen atoms in total. The molecule has 0 aliphatic carbocycles. The molecule has 2 aromatic rings. The zero-order valence-corrected chi connectivity index (χ0v) is 12.1. The van der Waals surface area contributed by atoms with Gasteiger partial charge >= 0.3 is 0 Å². The maximum absolute atomic E-state index is 13.2. The molecule has 0 radical (unpaired) electrons. The Kier molecular flexibility index (Phi) is 4.48. The smallest absolute Gasteiger partial charge is 0.126 e. The van der Waals surface area contributed by atoms with E-state index in [9.17, 15) is 8.78 Å². The monoisotopic (exact) mass is 331 g/mol. The third-order valence-electron chi connectivity index (χ3n) is 2.72. The molecule has 0 bridgehead atoms. The van der Waals surface area contributed by atoms with Gasteiger partial charge in [0.15, 0.2) is 0 Å². The molecule has 18 heavy (non-hydrogen) atoms. The van der Waals surface area contributed by atoms with Crippen LogP contribution < -0.4 is 5.32 Å². The summed E-state index contributed by atoms with van der Waals surface area (Å²) >= 11 is 5.08. The van der Waals surface area contributed by atoms with Gasteiger partial charge in [0.25, 0.3) is 0 Å². The van der Waals surface area contributed by atoms with E-state index in [1.54, 1.807) is 18.4 Å². The zero-order chi connectivity index (χ0) is 13.1. The molecule has 2 rings (SSSR count). The van der Waals surface area contributed by atoms with Crippen LogP contribution in [-0.2, 0) is 6.42 Å². The average molecular weight is 332 g/mol. The lowest BCUT2D eigenvalue weighted by atomic mass is 10.0. The highest BCUT2D eigenvalue weighted by atomic mass is 79.9. The predicted octanol–water partition coefficient (Wildman–Crippen LogP) is 4.29. The van der Waals surface area contributed by atoms with Gasteiger partial charge in [-0.15, -0.1) is 11.3 Å². The molecule has 1 atom stereocenters. The molecule has 1 aromatic heterocycles. The molecule has 0 aliphatic rings. The van der Waals surface area contributed by atoms with Gasteiger partial charge < -0.3 is 5.32 Å². The fraction of sp³-hybridized carbons (Fsp3) is 0.231. The van der Waals surface area contributed by atoms with Gasteiger partial charge in [0.1, 0.15) is 11.6 Å². The first kappa shape index (κ1) is 13.6.